The summed E-state index contributed by atoms with van der Waals surface area (Å²) in [7, 11) is 2.04. The zero-order valence-electron chi connectivity index (χ0n) is 10.6. The molecule has 2 heteroatoms. The summed E-state index contributed by atoms with van der Waals surface area (Å²) in [6, 6.07) is 8.38. The van der Waals surface area contributed by atoms with Crippen molar-refractivity contribution in [2.24, 2.45) is 5.92 Å². The van der Waals surface area contributed by atoms with Gasteiger partial charge >= 0.3 is 0 Å². The molecule has 1 fully saturated rings. The van der Waals surface area contributed by atoms with Crippen LogP contribution in [-0.2, 0) is 0 Å². The van der Waals surface area contributed by atoms with Crippen LogP contribution in [0, 0.1) is 5.92 Å². The van der Waals surface area contributed by atoms with Gasteiger partial charge in [0.1, 0.15) is 0 Å². The first kappa shape index (κ1) is 12.9. The molecule has 0 radical (unpaired) electrons. The number of hydrogen-bond acceptors (Lipinski definition) is 1. The lowest BCUT2D eigenvalue weighted by molar-refractivity contribution is 0.435. The molecular weight excluding hydrogens is 230 g/mol. The van der Waals surface area contributed by atoms with Crippen molar-refractivity contribution in [2.75, 3.05) is 13.6 Å². The maximum Gasteiger partial charge on any atom is 0.0406 e. The fourth-order valence-electron chi connectivity index (χ4n) is 2.97. The Bertz CT molecular complexity index is 327. The van der Waals surface area contributed by atoms with Gasteiger partial charge in [-0.1, -0.05) is 49.4 Å². The van der Waals surface area contributed by atoms with E-state index < -0.39 is 0 Å². The summed E-state index contributed by atoms with van der Waals surface area (Å²) in [5, 5.41) is 4.15. The molecule has 0 aromatic heterocycles. The number of halogens is 1. The molecule has 1 saturated carbocycles. The zero-order valence-corrected chi connectivity index (χ0v) is 11.3. The van der Waals surface area contributed by atoms with Crippen molar-refractivity contribution >= 4 is 11.6 Å². The Morgan fingerprint density at radius 2 is 1.88 bits per heavy atom. The molecule has 0 aliphatic heterocycles. The third-order valence-electron chi connectivity index (χ3n) is 3.88. The molecule has 1 nitrogen and oxygen atoms in total. The van der Waals surface area contributed by atoms with Crippen LogP contribution >= 0.6 is 11.6 Å². The van der Waals surface area contributed by atoms with E-state index in [1.807, 2.05) is 19.2 Å². The standard InChI is InChI=1S/C15H22ClN/c1-17-11-14(10-12-4-2-3-5-12)13-6-8-15(16)9-7-13/h6-9,12,14,17H,2-5,10-11H2,1H3. The largest absolute Gasteiger partial charge is 0.319 e. The minimum Gasteiger partial charge on any atom is -0.319 e. The van der Waals surface area contributed by atoms with E-state index in [4.69, 9.17) is 11.6 Å². The maximum absolute atomic E-state index is 5.95. The quantitative estimate of drug-likeness (QED) is 0.826. The molecule has 1 aliphatic carbocycles. The van der Waals surface area contributed by atoms with Crippen molar-refractivity contribution in [3.05, 3.63) is 34.9 Å². The van der Waals surface area contributed by atoms with Gasteiger partial charge in [0.2, 0.25) is 0 Å². The molecule has 94 valence electrons. The van der Waals surface area contributed by atoms with Crippen molar-refractivity contribution in [1.82, 2.24) is 5.32 Å². The SMILES string of the molecule is CNCC(CC1CCCC1)c1ccc(Cl)cc1. The monoisotopic (exact) mass is 251 g/mol. The van der Waals surface area contributed by atoms with Crippen LogP contribution in [0.2, 0.25) is 5.02 Å². The Kier molecular flexibility index (Phi) is 4.87. The highest BCUT2D eigenvalue weighted by Crippen LogP contribution is 2.34. The summed E-state index contributed by atoms with van der Waals surface area (Å²) >= 11 is 5.95. The first-order valence-corrected chi connectivity index (χ1v) is 7.07. The van der Waals surface area contributed by atoms with E-state index in [1.54, 1.807) is 0 Å². The van der Waals surface area contributed by atoms with Gasteiger partial charge in [-0.3, -0.25) is 0 Å². The Balaban J connectivity index is 2.02. The van der Waals surface area contributed by atoms with Crippen LogP contribution in [0.15, 0.2) is 24.3 Å². The molecule has 17 heavy (non-hydrogen) atoms. The van der Waals surface area contributed by atoms with E-state index in [1.165, 1.54) is 37.7 Å². The summed E-state index contributed by atoms with van der Waals surface area (Å²) in [6.07, 6.45) is 7.03. The third-order valence-corrected chi connectivity index (χ3v) is 4.14. The molecule has 0 heterocycles. The molecule has 1 unspecified atom stereocenters. The van der Waals surface area contributed by atoms with Gasteiger partial charge in [0.15, 0.2) is 0 Å². The maximum atomic E-state index is 5.95. The van der Waals surface area contributed by atoms with Crippen molar-refractivity contribution in [3.8, 4) is 0 Å². The first-order valence-electron chi connectivity index (χ1n) is 6.69. The smallest absolute Gasteiger partial charge is 0.0406 e. The normalized spacial score (nSPS) is 18.5. The molecule has 0 spiro atoms. The van der Waals surface area contributed by atoms with Gasteiger partial charge in [-0.2, -0.15) is 0 Å². The average Bonchev–Trinajstić information content (AvgIpc) is 2.82. The van der Waals surface area contributed by atoms with Crippen LogP contribution in [0.4, 0.5) is 0 Å². The lowest BCUT2D eigenvalue weighted by Crippen LogP contribution is -2.19. The Morgan fingerprint density at radius 1 is 1.24 bits per heavy atom. The summed E-state index contributed by atoms with van der Waals surface area (Å²) in [5.74, 6) is 1.57. The topological polar surface area (TPSA) is 12.0 Å². The van der Waals surface area contributed by atoms with E-state index in [2.05, 4.69) is 17.4 Å². The summed E-state index contributed by atoms with van der Waals surface area (Å²) < 4.78 is 0. The predicted octanol–water partition coefficient (Wildman–Crippen LogP) is 4.22. The van der Waals surface area contributed by atoms with Gasteiger partial charge in [-0.05, 0) is 43.0 Å². The summed E-state index contributed by atoms with van der Waals surface area (Å²) in [5.41, 5.74) is 1.43. The van der Waals surface area contributed by atoms with Gasteiger partial charge in [0.05, 0.1) is 0 Å². The molecule has 1 aliphatic rings. The highest BCUT2D eigenvalue weighted by molar-refractivity contribution is 6.30. The second-order valence-electron chi connectivity index (χ2n) is 5.19. The summed E-state index contributed by atoms with van der Waals surface area (Å²) in [6.45, 7) is 1.07. The summed E-state index contributed by atoms with van der Waals surface area (Å²) in [4.78, 5) is 0. The van der Waals surface area contributed by atoms with Gasteiger partial charge in [0, 0.05) is 11.6 Å². The molecule has 1 atom stereocenters. The average molecular weight is 252 g/mol. The second-order valence-corrected chi connectivity index (χ2v) is 5.63. The number of rotatable bonds is 5. The lowest BCUT2D eigenvalue weighted by atomic mass is 9.88. The van der Waals surface area contributed by atoms with Crippen LogP contribution in [0.1, 0.15) is 43.6 Å². The van der Waals surface area contributed by atoms with Crippen molar-refractivity contribution in [3.63, 3.8) is 0 Å². The van der Waals surface area contributed by atoms with Crippen LogP contribution in [0.25, 0.3) is 0 Å². The molecule has 0 saturated heterocycles. The third kappa shape index (κ3) is 3.72. The number of hydrogen-bond donors (Lipinski definition) is 1. The van der Waals surface area contributed by atoms with Crippen molar-refractivity contribution in [2.45, 2.75) is 38.0 Å². The van der Waals surface area contributed by atoms with Crippen LogP contribution < -0.4 is 5.32 Å². The Labute approximate surface area is 110 Å². The molecule has 1 aromatic rings. The molecule has 1 aromatic carbocycles. The van der Waals surface area contributed by atoms with Crippen molar-refractivity contribution in [1.29, 1.82) is 0 Å². The molecule has 0 bridgehead atoms. The van der Waals surface area contributed by atoms with Gasteiger partial charge in [-0.15, -0.1) is 0 Å². The van der Waals surface area contributed by atoms with Gasteiger partial charge < -0.3 is 5.32 Å². The minimum absolute atomic E-state index is 0.639. The minimum atomic E-state index is 0.639. The molecular formula is C15H22ClN. The second kappa shape index (κ2) is 6.42. The van der Waals surface area contributed by atoms with Crippen LogP contribution in [0.5, 0.6) is 0 Å². The van der Waals surface area contributed by atoms with Gasteiger partial charge in [0.25, 0.3) is 0 Å². The lowest BCUT2D eigenvalue weighted by Gasteiger charge is -2.21. The Hall–Kier alpha value is -0.530. The van der Waals surface area contributed by atoms with E-state index in [-0.39, 0.29) is 0 Å². The van der Waals surface area contributed by atoms with E-state index in [0.29, 0.717) is 5.92 Å². The van der Waals surface area contributed by atoms with E-state index >= 15 is 0 Å². The number of benzene rings is 1. The van der Waals surface area contributed by atoms with Crippen molar-refractivity contribution < 1.29 is 0 Å². The molecule has 0 amide bonds. The molecule has 1 N–H and O–H groups in total. The fraction of sp³-hybridized carbons (Fsp3) is 0.600. The number of likely N-dealkylation sites (N-methyl/N-ethyl adjacent to an activating group) is 1. The molecule has 2 rings (SSSR count). The Morgan fingerprint density at radius 3 is 2.47 bits per heavy atom. The first-order chi connectivity index (χ1) is 8.29. The van der Waals surface area contributed by atoms with Crippen LogP contribution in [0.3, 0.4) is 0 Å². The zero-order chi connectivity index (χ0) is 12.1. The fourth-order valence-corrected chi connectivity index (χ4v) is 3.09. The predicted molar refractivity (Wildman–Crippen MR) is 74.7 cm³/mol. The van der Waals surface area contributed by atoms with E-state index in [9.17, 15) is 0 Å². The van der Waals surface area contributed by atoms with E-state index in [0.717, 1.165) is 17.5 Å². The van der Waals surface area contributed by atoms with Gasteiger partial charge in [-0.25, -0.2) is 0 Å². The van der Waals surface area contributed by atoms with Crippen LogP contribution in [-0.4, -0.2) is 13.6 Å². The highest BCUT2D eigenvalue weighted by atomic mass is 35.5. The highest BCUT2D eigenvalue weighted by Gasteiger charge is 2.20. The number of nitrogens with one attached hydrogen (secondary N) is 1.